The molecule has 0 aliphatic heterocycles. The lowest BCUT2D eigenvalue weighted by Crippen LogP contribution is -2.56. The fourth-order valence-corrected chi connectivity index (χ4v) is 5.80. The van der Waals surface area contributed by atoms with Crippen LogP contribution in [0.4, 0.5) is 4.39 Å². The van der Waals surface area contributed by atoms with Gasteiger partial charge in [0.2, 0.25) is 5.91 Å². The molecule has 25 heavy (non-hydrogen) atoms. The van der Waals surface area contributed by atoms with E-state index >= 15 is 0 Å². The van der Waals surface area contributed by atoms with Crippen molar-refractivity contribution in [2.24, 2.45) is 23.2 Å². The molecule has 0 spiro atoms. The molecule has 0 radical (unpaired) electrons. The Bertz CT molecular complexity index is 667. The summed E-state index contributed by atoms with van der Waals surface area (Å²) in [6, 6.07) is 4.89. The van der Waals surface area contributed by atoms with E-state index in [9.17, 15) is 19.1 Å². The van der Waals surface area contributed by atoms with Gasteiger partial charge in [-0.05, 0) is 74.0 Å². The van der Waals surface area contributed by atoms with Gasteiger partial charge in [0, 0.05) is 11.8 Å². The van der Waals surface area contributed by atoms with Gasteiger partial charge in [0.1, 0.15) is 11.9 Å². The molecule has 0 heterocycles. The second-order valence-electron chi connectivity index (χ2n) is 8.40. The third-order valence-electron chi connectivity index (χ3n) is 6.45. The first-order chi connectivity index (χ1) is 11.9. The molecule has 1 aromatic carbocycles. The van der Waals surface area contributed by atoms with Gasteiger partial charge < -0.3 is 10.4 Å². The minimum absolute atomic E-state index is 0.101. The van der Waals surface area contributed by atoms with Gasteiger partial charge in [-0.1, -0.05) is 12.1 Å². The fraction of sp³-hybridized carbons (Fsp3) is 0.600. The molecule has 5 heteroatoms. The number of hydrogen-bond donors (Lipinski definition) is 2. The predicted molar refractivity (Wildman–Crippen MR) is 90.3 cm³/mol. The normalized spacial score (nSPS) is 33.9. The van der Waals surface area contributed by atoms with Crippen molar-refractivity contribution < 1.29 is 19.1 Å². The van der Waals surface area contributed by atoms with Crippen molar-refractivity contribution in [3.05, 3.63) is 35.6 Å². The quantitative estimate of drug-likeness (QED) is 0.861. The van der Waals surface area contributed by atoms with Gasteiger partial charge >= 0.3 is 5.97 Å². The second-order valence-corrected chi connectivity index (χ2v) is 8.40. The van der Waals surface area contributed by atoms with Crippen LogP contribution in [0.15, 0.2) is 24.3 Å². The zero-order valence-corrected chi connectivity index (χ0v) is 14.2. The van der Waals surface area contributed by atoms with Crippen LogP contribution in [0.5, 0.6) is 0 Å². The van der Waals surface area contributed by atoms with E-state index in [1.54, 1.807) is 12.1 Å². The Kier molecular flexibility index (Phi) is 4.05. The number of rotatable bonds is 5. The van der Waals surface area contributed by atoms with Crippen molar-refractivity contribution in [2.45, 2.75) is 51.0 Å². The highest BCUT2D eigenvalue weighted by molar-refractivity contribution is 5.88. The molecule has 0 unspecified atom stereocenters. The van der Waals surface area contributed by atoms with Crippen LogP contribution in [0, 0.1) is 29.0 Å². The number of carboxylic acids is 1. The first-order valence-corrected chi connectivity index (χ1v) is 9.22. The lowest BCUT2D eigenvalue weighted by molar-refractivity contribution is -0.151. The molecule has 0 saturated heterocycles. The first kappa shape index (κ1) is 16.6. The Morgan fingerprint density at radius 2 is 1.76 bits per heavy atom. The van der Waals surface area contributed by atoms with Crippen LogP contribution in [-0.4, -0.2) is 23.0 Å². The van der Waals surface area contributed by atoms with Crippen LogP contribution in [0.3, 0.4) is 0 Å². The van der Waals surface area contributed by atoms with Crippen LogP contribution in [0.2, 0.25) is 0 Å². The molecule has 4 saturated carbocycles. The maximum Gasteiger partial charge on any atom is 0.326 e. The highest BCUT2D eigenvalue weighted by Gasteiger charge is 2.54. The van der Waals surface area contributed by atoms with E-state index in [0.29, 0.717) is 23.3 Å². The molecule has 4 aliphatic carbocycles. The van der Waals surface area contributed by atoms with Gasteiger partial charge in [0.15, 0.2) is 0 Å². The Morgan fingerprint density at radius 1 is 1.16 bits per heavy atom. The van der Waals surface area contributed by atoms with E-state index in [0.717, 1.165) is 19.3 Å². The van der Waals surface area contributed by atoms with Crippen LogP contribution in [0.25, 0.3) is 0 Å². The average molecular weight is 345 g/mol. The predicted octanol–water partition coefficient (Wildman–Crippen LogP) is 3.15. The monoisotopic (exact) mass is 345 g/mol. The van der Waals surface area contributed by atoms with Crippen molar-refractivity contribution in [1.82, 2.24) is 5.32 Å². The Morgan fingerprint density at radius 3 is 2.28 bits per heavy atom. The van der Waals surface area contributed by atoms with Gasteiger partial charge in [0.05, 0.1) is 0 Å². The van der Waals surface area contributed by atoms with Crippen LogP contribution in [0.1, 0.15) is 44.1 Å². The highest BCUT2D eigenvalue weighted by Crippen LogP contribution is 2.60. The maximum absolute atomic E-state index is 13.4. The number of nitrogens with one attached hydrogen (secondary N) is 1. The summed E-state index contributed by atoms with van der Waals surface area (Å²) in [5.41, 5.74) is 0.211. The molecule has 4 nitrogen and oxygen atoms in total. The summed E-state index contributed by atoms with van der Waals surface area (Å²) < 4.78 is 13.4. The molecule has 5 rings (SSSR count). The van der Waals surface area contributed by atoms with E-state index in [2.05, 4.69) is 5.32 Å². The molecular weight excluding hydrogens is 321 g/mol. The average Bonchev–Trinajstić information content (AvgIpc) is 2.52. The molecule has 2 N–H and O–H groups in total. The second kappa shape index (κ2) is 6.11. The van der Waals surface area contributed by atoms with Crippen molar-refractivity contribution >= 4 is 11.9 Å². The Labute approximate surface area is 146 Å². The fourth-order valence-electron chi connectivity index (χ4n) is 5.80. The first-order valence-electron chi connectivity index (χ1n) is 9.22. The zero-order chi connectivity index (χ0) is 17.6. The minimum atomic E-state index is -1.07. The summed E-state index contributed by atoms with van der Waals surface area (Å²) >= 11 is 0. The Balaban J connectivity index is 1.49. The smallest absolute Gasteiger partial charge is 0.326 e. The van der Waals surface area contributed by atoms with E-state index in [1.165, 1.54) is 31.4 Å². The lowest BCUT2D eigenvalue weighted by atomic mass is 9.49. The summed E-state index contributed by atoms with van der Waals surface area (Å²) in [5, 5.41) is 12.3. The van der Waals surface area contributed by atoms with Crippen LogP contribution in [-0.2, 0) is 16.0 Å². The summed E-state index contributed by atoms with van der Waals surface area (Å²) in [5.74, 6) is 0.322. The largest absolute Gasteiger partial charge is 0.480 e. The minimum Gasteiger partial charge on any atom is -0.480 e. The number of aliphatic carboxylic acids is 1. The van der Waals surface area contributed by atoms with Gasteiger partial charge in [-0.3, -0.25) is 4.79 Å². The van der Waals surface area contributed by atoms with Crippen molar-refractivity contribution in [3.8, 4) is 0 Å². The van der Waals surface area contributed by atoms with Gasteiger partial charge in [-0.2, -0.15) is 0 Å². The van der Waals surface area contributed by atoms with Crippen molar-refractivity contribution in [3.63, 3.8) is 0 Å². The van der Waals surface area contributed by atoms with Gasteiger partial charge in [-0.25, -0.2) is 9.18 Å². The SMILES string of the molecule is O=C(O)[C@H](Cc1cccc(F)c1)NC(=O)C12CC3CC(CC(C3)C1)C2. The molecule has 0 aromatic heterocycles. The molecule has 4 bridgehead atoms. The van der Waals surface area contributed by atoms with Crippen LogP contribution < -0.4 is 5.32 Å². The molecular formula is C20H24FNO3. The number of amides is 1. The molecule has 134 valence electrons. The molecule has 4 aliphatic rings. The third kappa shape index (κ3) is 3.16. The van der Waals surface area contributed by atoms with E-state index in [-0.39, 0.29) is 17.7 Å². The van der Waals surface area contributed by atoms with Crippen molar-refractivity contribution in [1.29, 1.82) is 0 Å². The van der Waals surface area contributed by atoms with Gasteiger partial charge in [-0.15, -0.1) is 0 Å². The summed E-state index contributed by atoms with van der Waals surface area (Å²) in [6.45, 7) is 0. The van der Waals surface area contributed by atoms with E-state index in [4.69, 9.17) is 0 Å². The number of carboxylic acid groups (broad SMARTS) is 1. The summed E-state index contributed by atoms with van der Waals surface area (Å²) in [4.78, 5) is 24.7. The van der Waals surface area contributed by atoms with Gasteiger partial charge in [0.25, 0.3) is 0 Å². The molecule has 1 amide bonds. The molecule has 1 aromatic rings. The maximum atomic E-state index is 13.4. The van der Waals surface area contributed by atoms with E-state index < -0.39 is 17.8 Å². The highest BCUT2D eigenvalue weighted by atomic mass is 19.1. The molecule has 4 fully saturated rings. The summed E-state index contributed by atoms with van der Waals surface area (Å²) in [6.07, 6.45) is 6.51. The molecule has 1 atom stereocenters. The topological polar surface area (TPSA) is 66.4 Å². The van der Waals surface area contributed by atoms with E-state index in [1.807, 2.05) is 0 Å². The van der Waals surface area contributed by atoms with Crippen molar-refractivity contribution in [2.75, 3.05) is 0 Å². The summed E-state index contributed by atoms with van der Waals surface area (Å²) in [7, 11) is 0. The lowest BCUT2D eigenvalue weighted by Gasteiger charge is -2.55. The number of halogens is 1. The number of carbonyl (C=O) groups excluding carboxylic acids is 1. The standard InChI is InChI=1S/C20H24FNO3/c21-16-3-1-2-12(7-16)8-17(18(23)24)22-19(25)20-9-13-4-14(10-20)6-15(5-13)11-20/h1-3,7,13-15,17H,4-6,8-11H2,(H,22,25)(H,23,24)/t13?,14?,15?,17-,20?/m0/s1. The number of hydrogen-bond acceptors (Lipinski definition) is 2. The van der Waals surface area contributed by atoms with Crippen LogP contribution >= 0.6 is 0 Å². The third-order valence-corrected chi connectivity index (χ3v) is 6.45. The zero-order valence-electron chi connectivity index (χ0n) is 14.2. The number of benzene rings is 1. The Hall–Kier alpha value is -1.91. The number of carbonyl (C=O) groups is 2.